The number of rotatable bonds is 6. The summed E-state index contributed by atoms with van der Waals surface area (Å²) in [6.07, 6.45) is 0. The summed E-state index contributed by atoms with van der Waals surface area (Å²) in [4.78, 5) is 27.2. The molecule has 1 saturated heterocycles. The first-order chi connectivity index (χ1) is 13.0. The Kier molecular flexibility index (Phi) is 6.48. The van der Waals surface area contributed by atoms with E-state index < -0.39 is 0 Å². The van der Waals surface area contributed by atoms with Crippen LogP contribution in [0.3, 0.4) is 0 Å². The van der Waals surface area contributed by atoms with Gasteiger partial charge in [-0.2, -0.15) is 0 Å². The summed E-state index contributed by atoms with van der Waals surface area (Å²) in [6.45, 7) is 6.12. The largest absolute Gasteiger partial charge is 0.360 e. The normalized spacial score (nSPS) is 14.8. The van der Waals surface area contributed by atoms with Gasteiger partial charge in [0.15, 0.2) is 12.3 Å². The molecular formula is C21H25ClN3O2+. The van der Waals surface area contributed by atoms with E-state index in [9.17, 15) is 9.59 Å². The molecule has 1 amide bonds. The van der Waals surface area contributed by atoms with Gasteiger partial charge >= 0.3 is 0 Å². The molecule has 2 N–H and O–H groups in total. The number of carbonyl (C=O) groups excluding carboxylic acids is 2. The van der Waals surface area contributed by atoms with Crippen molar-refractivity contribution in [1.29, 1.82) is 0 Å². The highest BCUT2D eigenvalue weighted by Crippen LogP contribution is 2.16. The highest BCUT2D eigenvalue weighted by molar-refractivity contribution is 6.31. The summed E-state index contributed by atoms with van der Waals surface area (Å²) < 4.78 is 0. The summed E-state index contributed by atoms with van der Waals surface area (Å²) in [5, 5.41) is 3.63. The van der Waals surface area contributed by atoms with Crippen LogP contribution in [-0.4, -0.2) is 44.4 Å². The molecule has 142 valence electrons. The first kappa shape index (κ1) is 19.4. The van der Waals surface area contributed by atoms with Crippen LogP contribution < -0.4 is 15.1 Å². The van der Waals surface area contributed by atoms with E-state index in [4.69, 9.17) is 11.6 Å². The van der Waals surface area contributed by atoms with Gasteiger partial charge in [0.25, 0.3) is 5.91 Å². The van der Waals surface area contributed by atoms with Gasteiger partial charge in [-0.3, -0.25) is 9.59 Å². The fraction of sp³-hybridized carbons (Fsp3) is 0.333. The molecule has 5 nitrogen and oxygen atoms in total. The molecule has 2 aromatic rings. The molecule has 0 aromatic heterocycles. The predicted molar refractivity (Wildman–Crippen MR) is 108 cm³/mol. The Hall–Kier alpha value is -2.37. The van der Waals surface area contributed by atoms with Crippen LogP contribution in [0, 0.1) is 0 Å². The number of nitrogens with zero attached hydrogens (tertiary/aromatic N) is 1. The van der Waals surface area contributed by atoms with Crippen molar-refractivity contribution in [3.8, 4) is 0 Å². The lowest BCUT2D eigenvalue weighted by molar-refractivity contribution is -0.892. The number of nitrogens with one attached hydrogen (secondary N) is 2. The first-order valence-electron chi connectivity index (χ1n) is 9.22. The summed E-state index contributed by atoms with van der Waals surface area (Å²) in [5.41, 5.74) is 2.79. The van der Waals surface area contributed by atoms with Crippen LogP contribution in [0.1, 0.15) is 22.8 Å². The number of quaternary nitrogens is 1. The molecule has 1 aliphatic heterocycles. The number of piperazine rings is 1. The number of hydrogen-bond donors (Lipinski definition) is 2. The minimum atomic E-state index is 0.0455. The monoisotopic (exact) mass is 386 g/mol. The predicted octanol–water partition coefficient (Wildman–Crippen LogP) is 1.56. The van der Waals surface area contributed by atoms with Gasteiger partial charge in [-0.1, -0.05) is 29.8 Å². The SMILES string of the molecule is CC(=O)c1ccc(N2CC[NH+](CC(=O)NCc3ccccc3Cl)CC2)cc1. The second-order valence-corrected chi connectivity index (χ2v) is 7.29. The van der Waals surface area contributed by atoms with E-state index >= 15 is 0 Å². The summed E-state index contributed by atoms with van der Waals surface area (Å²) in [7, 11) is 0. The van der Waals surface area contributed by atoms with Crippen LogP contribution in [0.2, 0.25) is 5.02 Å². The number of hydrogen-bond acceptors (Lipinski definition) is 3. The maximum atomic E-state index is 12.2. The average Bonchev–Trinajstić information content (AvgIpc) is 2.68. The lowest BCUT2D eigenvalue weighted by Gasteiger charge is -2.33. The Bertz CT molecular complexity index is 799. The van der Waals surface area contributed by atoms with E-state index in [0.29, 0.717) is 18.1 Å². The molecule has 1 fully saturated rings. The lowest BCUT2D eigenvalue weighted by Crippen LogP contribution is -3.15. The zero-order chi connectivity index (χ0) is 19.2. The van der Waals surface area contributed by atoms with E-state index in [1.165, 1.54) is 4.90 Å². The minimum Gasteiger partial charge on any atom is -0.360 e. The van der Waals surface area contributed by atoms with Gasteiger partial charge < -0.3 is 15.1 Å². The smallest absolute Gasteiger partial charge is 0.275 e. The number of carbonyl (C=O) groups is 2. The van der Waals surface area contributed by atoms with Crippen molar-refractivity contribution >= 4 is 29.0 Å². The molecule has 0 bridgehead atoms. The van der Waals surface area contributed by atoms with Crippen LogP contribution in [0.25, 0.3) is 0 Å². The van der Waals surface area contributed by atoms with Gasteiger partial charge in [0.05, 0.1) is 26.2 Å². The van der Waals surface area contributed by atoms with Gasteiger partial charge in [0.1, 0.15) is 0 Å². The Labute approximate surface area is 164 Å². The number of ketones is 1. The van der Waals surface area contributed by atoms with Crippen molar-refractivity contribution in [2.24, 2.45) is 0 Å². The number of amides is 1. The van der Waals surface area contributed by atoms with Gasteiger partial charge in [0.2, 0.25) is 0 Å². The van der Waals surface area contributed by atoms with Crippen molar-refractivity contribution in [3.63, 3.8) is 0 Å². The van der Waals surface area contributed by atoms with Crippen molar-refractivity contribution in [2.75, 3.05) is 37.6 Å². The molecule has 6 heteroatoms. The molecule has 2 aromatic carbocycles. The number of anilines is 1. The number of benzene rings is 2. The Morgan fingerprint density at radius 2 is 1.74 bits per heavy atom. The van der Waals surface area contributed by atoms with Crippen molar-refractivity contribution in [1.82, 2.24) is 5.32 Å². The number of halogens is 1. The highest BCUT2D eigenvalue weighted by Gasteiger charge is 2.22. The van der Waals surface area contributed by atoms with Gasteiger partial charge in [-0.05, 0) is 42.8 Å². The van der Waals surface area contributed by atoms with Crippen molar-refractivity contribution in [2.45, 2.75) is 13.5 Å². The maximum Gasteiger partial charge on any atom is 0.275 e. The molecule has 0 radical (unpaired) electrons. The molecule has 27 heavy (non-hydrogen) atoms. The molecule has 0 aliphatic carbocycles. The van der Waals surface area contributed by atoms with Crippen LogP contribution in [0.15, 0.2) is 48.5 Å². The van der Waals surface area contributed by atoms with Crippen LogP contribution >= 0.6 is 11.6 Å². The van der Waals surface area contributed by atoms with E-state index in [0.717, 1.165) is 43.0 Å². The number of Topliss-reactive ketones (excluding diaryl/α,β-unsaturated/α-hetero) is 1. The van der Waals surface area contributed by atoms with Crippen LogP contribution in [0.4, 0.5) is 5.69 Å². The van der Waals surface area contributed by atoms with Crippen molar-refractivity contribution < 1.29 is 14.5 Å². The highest BCUT2D eigenvalue weighted by atomic mass is 35.5. The Morgan fingerprint density at radius 1 is 1.07 bits per heavy atom. The molecule has 3 rings (SSSR count). The Morgan fingerprint density at radius 3 is 2.37 bits per heavy atom. The fourth-order valence-electron chi connectivity index (χ4n) is 3.29. The standard InChI is InChI=1S/C21H24ClN3O2/c1-16(26)17-6-8-19(9-7-17)25-12-10-24(11-13-25)15-21(27)23-14-18-4-2-3-5-20(18)22/h2-9H,10-15H2,1H3,(H,23,27)/p+1. The molecule has 0 saturated carbocycles. The molecule has 1 aliphatic rings. The maximum absolute atomic E-state index is 12.2. The summed E-state index contributed by atoms with van der Waals surface area (Å²) >= 11 is 6.12. The third-order valence-electron chi connectivity index (χ3n) is 4.95. The molecular weight excluding hydrogens is 362 g/mol. The van der Waals surface area contributed by atoms with E-state index in [1.807, 2.05) is 48.5 Å². The lowest BCUT2D eigenvalue weighted by atomic mass is 10.1. The fourth-order valence-corrected chi connectivity index (χ4v) is 3.49. The quantitative estimate of drug-likeness (QED) is 0.741. The topological polar surface area (TPSA) is 53.9 Å². The van der Waals surface area contributed by atoms with Gasteiger partial charge in [-0.25, -0.2) is 0 Å². The summed E-state index contributed by atoms with van der Waals surface area (Å²) in [6, 6.07) is 15.3. The average molecular weight is 387 g/mol. The second-order valence-electron chi connectivity index (χ2n) is 6.89. The van der Waals surface area contributed by atoms with E-state index in [2.05, 4.69) is 10.2 Å². The van der Waals surface area contributed by atoms with Gasteiger partial charge in [-0.15, -0.1) is 0 Å². The zero-order valence-electron chi connectivity index (χ0n) is 15.5. The third-order valence-corrected chi connectivity index (χ3v) is 5.32. The van der Waals surface area contributed by atoms with Crippen LogP contribution in [-0.2, 0) is 11.3 Å². The van der Waals surface area contributed by atoms with Crippen molar-refractivity contribution in [3.05, 3.63) is 64.7 Å². The van der Waals surface area contributed by atoms with E-state index in [-0.39, 0.29) is 11.7 Å². The molecule has 0 spiro atoms. The zero-order valence-corrected chi connectivity index (χ0v) is 16.3. The van der Waals surface area contributed by atoms with E-state index in [1.54, 1.807) is 6.92 Å². The third kappa shape index (κ3) is 5.31. The first-order valence-corrected chi connectivity index (χ1v) is 9.60. The molecule has 1 heterocycles. The summed E-state index contributed by atoms with van der Waals surface area (Å²) in [5.74, 6) is 0.128. The Balaban J connectivity index is 1.44. The molecule has 0 atom stereocenters. The van der Waals surface area contributed by atoms with Gasteiger partial charge in [0, 0.05) is 22.8 Å². The minimum absolute atomic E-state index is 0.0455. The second kappa shape index (κ2) is 9.02. The van der Waals surface area contributed by atoms with Crippen LogP contribution in [0.5, 0.6) is 0 Å². The molecule has 0 unspecified atom stereocenters.